The van der Waals surface area contributed by atoms with E-state index in [0.717, 1.165) is 5.52 Å². The Hall–Kier alpha value is -1.57. The molecule has 2 aromatic rings. The molecule has 0 aliphatic heterocycles. The van der Waals surface area contributed by atoms with E-state index >= 15 is 0 Å². The zero-order chi connectivity index (χ0) is 11.9. The van der Waals surface area contributed by atoms with Gasteiger partial charge in [-0.25, -0.2) is 0 Å². The first-order valence-electron chi connectivity index (χ1n) is 5.53. The van der Waals surface area contributed by atoms with Gasteiger partial charge in [0.2, 0.25) is 5.91 Å². The zero-order valence-corrected chi connectivity index (χ0v) is 10.2. The van der Waals surface area contributed by atoms with E-state index in [0.29, 0.717) is 0 Å². The van der Waals surface area contributed by atoms with Crippen molar-refractivity contribution < 1.29 is 4.79 Å². The molecule has 2 heteroatoms. The minimum atomic E-state index is 0.0559. The van der Waals surface area contributed by atoms with Crippen LogP contribution >= 0.6 is 0 Å². The number of rotatable bonds is 0. The van der Waals surface area contributed by atoms with Crippen LogP contribution in [0, 0.1) is 0 Å². The van der Waals surface area contributed by atoms with Crippen LogP contribution in [0.1, 0.15) is 38.1 Å². The van der Waals surface area contributed by atoms with Gasteiger partial charge in [-0.2, -0.15) is 0 Å². The summed E-state index contributed by atoms with van der Waals surface area (Å²) in [6.07, 6.45) is 1.97. The molecular weight excluding hydrogens is 198 g/mol. The van der Waals surface area contributed by atoms with Crippen molar-refractivity contribution in [1.29, 1.82) is 0 Å². The number of aromatic nitrogens is 1. The topological polar surface area (TPSA) is 22.0 Å². The van der Waals surface area contributed by atoms with Gasteiger partial charge in [0.05, 0.1) is 5.52 Å². The number of carbonyl (C=O) groups is 1. The smallest absolute Gasteiger partial charge is 0.227 e. The predicted molar refractivity (Wildman–Crippen MR) is 66.9 cm³/mol. The lowest BCUT2D eigenvalue weighted by Gasteiger charge is -2.17. The van der Waals surface area contributed by atoms with Crippen LogP contribution in [0.4, 0.5) is 0 Å². The standard InChI is InChI=1S/C14H17NO/c1-10(16)15-9-12(14(2,3)4)11-7-5-6-8-13(11)15/h5-9H,1-4H3. The number of fused-ring (bicyclic) bond motifs is 1. The molecule has 0 amide bonds. The molecule has 1 heterocycles. The van der Waals surface area contributed by atoms with Crippen LogP contribution < -0.4 is 0 Å². The summed E-state index contributed by atoms with van der Waals surface area (Å²) < 4.78 is 1.73. The Kier molecular flexibility index (Phi) is 2.38. The van der Waals surface area contributed by atoms with Gasteiger partial charge in [-0.15, -0.1) is 0 Å². The highest BCUT2D eigenvalue weighted by Gasteiger charge is 2.20. The lowest BCUT2D eigenvalue weighted by Crippen LogP contribution is -2.10. The van der Waals surface area contributed by atoms with Gasteiger partial charge in [-0.3, -0.25) is 9.36 Å². The molecule has 0 saturated heterocycles. The molecule has 0 aliphatic carbocycles. The quantitative estimate of drug-likeness (QED) is 0.658. The van der Waals surface area contributed by atoms with Gasteiger partial charge in [0.25, 0.3) is 0 Å². The molecule has 0 bridgehead atoms. The molecule has 0 unspecified atom stereocenters. The number of hydrogen-bond acceptors (Lipinski definition) is 1. The average molecular weight is 215 g/mol. The number of para-hydroxylation sites is 1. The molecule has 0 N–H and O–H groups in total. The number of carbonyl (C=O) groups excluding carboxylic acids is 1. The second-order valence-electron chi connectivity index (χ2n) is 5.20. The van der Waals surface area contributed by atoms with Crippen molar-refractivity contribution in [2.75, 3.05) is 0 Å². The number of nitrogens with zero attached hydrogens (tertiary/aromatic N) is 1. The van der Waals surface area contributed by atoms with Crippen LogP contribution in [0.25, 0.3) is 10.9 Å². The normalized spacial score (nSPS) is 12.0. The van der Waals surface area contributed by atoms with E-state index in [1.165, 1.54) is 10.9 Å². The maximum atomic E-state index is 11.6. The predicted octanol–water partition coefficient (Wildman–Crippen LogP) is 3.60. The summed E-state index contributed by atoms with van der Waals surface area (Å²) in [6, 6.07) is 8.05. The molecular formula is C14H17NO. The van der Waals surface area contributed by atoms with Crippen molar-refractivity contribution in [2.24, 2.45) is 0 Å². The molecule has 16 heavy (non-hydrogen) atoms. The van der Waals surface area contributed by atoms with Crippen LogP contribution in [0.3, 0.4) is 0 Å². The fourth-order valence-electron chi connectivity index (χ4n) is 2.04. The zero-order valence-electron chi connectivity index (χ0n) is 10.2. The Morgan fingerprint density at radius 1 is 1.19 bits per heavy atom. The maximum Gasteiger partial charge on any atom is 0.227 e. The van der Waals surface area contributed by atoms with Crippen molar-refractivity contribution >= 4 is 16.8 Å². The number of benzene rings is 1. The van der Waals surface area contributed by atoms with E-state index in [1.807, 2.05) is 24.4 Å². The lowest BCUT2D eigenvalue weighted by molar-refractivity contribution is 0.0941. The van der Waals surface area contributed by atoms with Crippen LogP contribution in [-0.4, -0.2) is 10.5 Å². The molecule has 1 aromatic heterocycles. The summed E-state index contributed by atoms with van der Waals surface area (Å²) in [4.78, 5) is 11.6. The van der Waals surface area contributed by atoms with Crippen LogP contribution in [-0.2, 0) is 5.41 Å². The monoisotopic (exact) mass is 215 g/mol. The molecule has 2 rings (SSSR count). The maximum absolute atomic E-state index is 11.6. The van der Waals surface area contributed by atoms with E-state index in [4.69, 9.17) is 0 Å². The fraction of sp³-hybridized carbons (Fsp3) is 0.357. The SMILES string of the molecule is CC(=O)n1cc(C(C)(C)C)c2ccccc21. The molecule has 0 aliphatic rings. The molecule has 0 fully saturated rings. The van der Waals surface area contributed by atoms with E-state index in [2.05, 4.69) is 26.8 Å². The van der Waals surface area contributed by atoms with E-state index in [9.17, 15) is 4.79 Å². The van der Waals surface area contributed by atoms with Crippen molar-refractivity contribution in [3.8, 4) is 0 Å². The Morgan fingerprint density at radius 3 is 2.38 bits per heavy atom. The van der Waals surface area contributed by atoms with E-state index in [1.54, 1.807) is 11.5 Å². The minimum Gasteiger partial charge on any atom is -0.287 e. The van der Waals surface area contributed by atoms with Gasteiger partial charge in [-0.05, 0) is 17.0 Å². The highest BCUT2D eigenvalue weighted by Crippen LogP contribution is 2.31. The van der Waals surface area contributed by atoms with Gasteiger partial charge in [0, 0.05) is 18.5 Å². The molecule has 0 spiro atoms. The number of hydrogen-bond donors (Lipinski definition) is 0. The Bertz CT molecular complexity index is 543. The minimum absolute atomic E-state index is 0.0559. The molecule has 0 atom stereocenters. The second-order valence-corrected chi connectivity index (χ2v) is 5.20. The van der Waals surface area contributed by atoms with E-state index < -0.39 is 0 Å². The highest BCUT2D eigenvalue weighted by molar-refractivity contribution is 5.94. The van der Waals surface area contributed by atoms with Crippen molar-refractivity contribution in [1.82, 2.24) is 4.57 Å². The summed E-state index contributed by atoms with van der Waals surface area (Å²) in [7, 11) is 0. The third-order valence-corrected chi connectivity index (χ3v) is 2.86. The second kappa shape index (κ2) is 3.48. The highest BCUT2D eigenvalue weighted by atomic mass is 16.1. The van der Waals surface area contributed by atoms with Crippen molar-refractivity contribution in [2.45, 2.75) is 33.1 Å². The van der Waals surface area contributed by atoms with Gasteiger partial charge in [-0.1, -0.05) is 39.0 Å². The van der Waals surface area contributed by atoms with Gasteiger partial charge in [0.1, 0.15) is 0 Å². The first-order chi connectivity index (χ1) is 7.41. The van der Waals surface area contributed by atoms with Crippen LogP contribution in [0.5, 0.6) is 0 Å². The Balaban J connectivity index is 2.82. The molecule has 2 nitrogen and oxygen atoms in total. The summed E-state index contributed by atoms with van der Waals surface area (Å²) in [5.74, 6) is 0.0618. The fourth-order valence-corrected chi connectivity index (χ4v) is 2.04. The van der Waals surface area contributed by atoms with Crippen molar-refractivity contribution in [3.63, 3.8) is 0 Å². The lowest BCUT2D eigenvalue weighted by atomic mass is 9.87. The molecule has 1 aromatic carbocycles. The van der Waals surface area contributed by atoms with Crippen LogP contribution in [0.2, 0.25) is 0 Å². The molecule has 84 valence electrons. The van der Waals surface area contributed by atoms with Gasteiger partial charge >= 0.3 is 0 Å². The summed E-state index contributed by atoms with van der Waals surface area (Å²) in [5, 5.41) is 1.17. The van der Waals surface area contributed by atoms with Crippen LogP contribution in [0.15, 0.2) is 30.5 Å². The summed E-state index contributed by atoms with van der Waals surface area (Å²) in [5.41, 5.74) is 2.28. The van der Waals surface area contributed by atoms with E-state index in [-0.39, 0.29) is 11.3 Å². The Morgan fingerprint density at radius 2 is 1.81 bits per heavy atom. The van der Waals surface area contributed by atoms with Gasteiger partial charge < -0.3 is 0 Å². The summed E-state index contributed by atoms with van der Waals surface area (Å²) in [6.45, 7) is 8.09. The third kappa shape index (κ3) is 1.64. The first-order valence-corrected chi connectivity index (χ1v) is 5.53. The van der Waals surface area contributed by atoms with Crippen molar-refractivity contribution in [3.05, 3.63) is 36.0 Å². The summed E-state index contributed by atoms with van der Waals surface area (Å²) >= 11 is 0. The Labute approximate surface area is 95.9 Å². The average Bonchev–Trinajstić information content (AvgIpc) is 2.56. The molecule has 0 radical (unpaired) electrons. The largest absolute Gasteiger partial charge is 0.287 e. The first kappa shape index (κ1) is 10.9. The van der Waals surface area contributed by atoms with Gasteiger partial charge in [0.15, 0.2) is 0 Å². The third-order valence-electron chi connectivity index (χ3n) is 2.86. The molecule has 0 saturated carbocycles.